The Balaban J connectivity index is 2.24. The highest BCUT2D eigenvalue weighted by Crippen LogP contribution is 2.28. The second-order valence-electron chi connectivity index (χ2n) is 4.36. The maximum Gasteiger partial charge on any atom is 0.143 e. The van der Waals surface area contributed by atoms with Gasteiger partial charge in [0.25, 0.3) is 0 Å². The lowest BCUT2D eigenvalue weighted by Gasteiger charge is -2.11. The van der Waals surface area contributed by atoms with Crippen LogP contribution in [-0.2, 0) is 0 Å². The summed E-state index contributed by atoms with van der Waals surface area (Å²) in [5, 5.41) is 9.15. The Morgan fingerprint density at radius 2 is 2.05 bits per heavy atom. The number of halogens is 1. The summed E-state index contributed by atoms with van der Waals surface area (Å²) in [6.45, 7) is 0. The molecule has 3 rings (SSSR count). The summed E-state index contributed by atoms with van der Waals surface area (Å²) in [7, 11) is 0. The van der Waals surface area contributed by atoms with Crippen LogP contribution in [0.1, 0.15) is 5.56 Å². The molecule has 21 heavy (non-hydrogen) atoms. The number of aromatic nitrogens is 3. The number of benzene rings is 1. The van der Waals surface area contributed by atoms with Crippen molar-refractivity contribution < 1.29 is 4.39 Å². The smallest absolute Gasteiger partial charge is 0.143 e. The van der Waals surface area contributed by atoms with Crippen LogP contribution in [-0.4, -0.2) is 14.5 Å². The maximum atomic E-state index is 13.8. The summed E-state index contributed by atoms with van der Waals surface area (Å²) in [4.78, 5) is 8.11. The highest BCUT2D eigenvalue weighted by atomic mass is 19.1. The average Bonchev–Trinajstić information content (AvgIpc) is 2.96. The van der Waals surface area contributed by atoms with Gasteiger partial charge in [-0.2, -0.15) is 5.26 Å². The van der Waals surface area contributed by atoms with E-state index in [2.05, 4.69) is 9.97 Å². The van der Waals surface area contributed by atoms with Gasteiger partial charge in [0.2, 0.25) is 0 Å². The van der Waals surface area contributed by atoms with Crippen molar-refractivity contribution in [1.82, 2.24) is 14.5 Å². The van der Waals surface area contributed by atoms with Gasteiger partial charge in [0, 0.05) is 23.6 Å². The van der Waals surface area contributed by atoms with Crippen LogP contribution in [0.5, 0.6) is 0 Å². The normalized spacial score (nSPS) is 10.3. The van der Waals surface area contributed by atoms with Gasteiger partial charge in [-0.1, -0.05) is 6.07 Å². The summed E-state index contributed by atoms with van der Waals surface area (Å²) < 4.78 is 15.4. The van der Waals surface area contributed by atoms with Crippen molar-refractivity contribution in [2.75, 3.05) is 5.73 Å². The first kappa shape index (κ1) is 12.8. The third-order valence-corrected chi connectivity index (χ3v) is 3.13. The molecule has 0 unspecified atom stereocenters. The summed E-state index contributed by atoms with van der Waals surface area (Å²) in [6.07, 6.45) is 6.30. The molecule has 2 N–H and O–H groups in total. The van der Waals surface area contributed by atoms with Crippen molar-refractivity contribution in [2.24, 2.45) is 0 Å². The molecule has 0 atom stereocenters. The van der Waals surface area contributed by atoms with Crippen molar-refractivity contribution in [2.45, 2.75) is 0 Å². The molecule has 0 fully saturated rings. The summed E-state index contributed by atoms with van der Waals surface area (Å²) in [6, 6.07) is 7.99. The zero-order chi connectivity index (χ0) is 14.8. The Hall–Kier alpha value is -3.20. The van der Waals surface area contributed by atoms with Crippen molar-refractivity contribution in [3.05, 3.63) is 60.6 Å². The molecule has 0 aliphatic rings. The van der Waals surface area contributed by atoms with Gasteiger partial charge < -0.3 is 5.73 Å². The van der Waals surface area contributed by atoms with Crippen LogP contribution in [0.4, 0.5) is 10.1 Å². The highest BCUT2D eigenvalue weighted by Gasteiger charge is 2.15. The minimum absolute atomic E-state index is 0.0424. The Labute approximate surface area is 120 Å². The van der Waals surface area contributed by atoms with E-state index in [0.29, 0.717) is 22.6 Å². The minimum Gasteiger partial charge on any atom is -0.398 e. The number of nitrogens with two attached hydrogens (primary N) is 1. The van der Waals surface area contributed by atoms with Gasteiger partial charge >= 0.3 is 0 Å². The molecule has 5 nitrogen and oxygen atoms in total. The molecule has 2 aromatic heterocycles. The molecule has 102 valence electrons. The Bertz CT molecular complexity index is 847. The number of nitriles is 1. The lowest BCUT2D eigenvalue weighted by Crippen LogP contribution is -2.02. The molecule has 0 bridgehead atoms. The largest absolute Gasteiger partial charge is 0.398 e. The van der Waals surface area contributed by atoms with E-state index < -0.39 is 5.82 Å². The van der Waals surface area contributed by atoms with Gasteiger partial charge in [0.1, 0.15) is 17.4 Å². The monoisotopic (exact) mass is 279 g/mol. The Kier molecular flexibility index (Phi) is 3.09. The van der Waals surface area contributed by atoms with Gasteiger partial charge in [-0.3, -0.25) is 9.55 Å². The van der Waals surface area contributed by atoms with E-state index in [1.165, 1.54) is 12.4 Å². The van der Waals surface area contributed by atoms with E-state index in [-0.39, 0.29) is 5.56 Å². The van der Waals surface area contributed by atoms with Gasteiger partial charge in [-0.25, -0.2) is 9.37 Å². The topological polar surface area (TPSA) is 80.5 Å². The standard InChI is InChI=1S/C15H10FN5/c16-12-2-1-3-14(10(12)6-17)21-9-20-8-15(21)11-7-19-5-4-13(11)18/h1-5,7-9H,(H2,18,19). The second-order valence-corrected chi connectivity index (χ2v) is 4.36. The van der Waals surface area contributed by atoms with Crippen LogP contribution in [0.3, 0.4) is 0 Å². The summed E-state index contributed by atoms with van der Waals surface area (Å²) in [5.74, 6) is -0.575. The quantitative estimate of drug-likeness (QED) is 0.781. The molecule has 2 heterocycles. The third-order valence-electron chi connectivity index (χ3n) is 3.13. The van der Waals surface area contributed by atoms with E-state index >= 15 is 0 Å². The van der Waals surface area contributed by atoms with Crippen LogP contribution < -0.4 is 5.73 Å². The minimum atomic E-state index is -0.575. The molecule has 0 saturated heterocycles. The molecule has 0 aliphatic heterocycles. The fourth-order valence-corrected chi connectivity index (χ4v) is 2.13. The van der Waals surface area contributed by atoms with E-state index in [9.17, 15) is 4.39 Å². The van der Waals surface area contributed by atoms with E-state index in [1.807, 2.05) is 6.07 Å². The molecule has 0 radical (unpaired) electrons. The number of hydrogen-bond acceptors (Lipinski definition) is 4. The zero-order valence-electron chi connectivity index (χ0n) is 10.9. The fourth-order valence-electron chi connectivity index (χ4n) is 2.13. The van der Waals surface area contributed by atoms with Gasteiger partial charge in [0.05, 0.1) is 23.9 Å². The lowest BCUT2D eigenvalue weighted by molar-refractivity contribution is 0.622. The predicted molar refractivity (Wildman–Crippen MR) is 75.9 cm³/mol. The molecule has 0 amide bonds. The number of rotatable bonds is 2. The van der Waals surface area contributed by atoms with Crippen molar-refractivity contribution >= 4 is 5.69 Å². The first-order chi connectivity index (χ1) is 10.2. The van der Waals surface area contributed by atoms with Gasteiger partial charge in [-0.05, 0) is 18.2 Å². The maximum absolute atomic E-state index is 13.8. The van der Waals surface area contributed by atoms with Gasteiger partial charge in [-0.15, -0.1) is 0 Å². The number of hydrogen-bond donors (Lipinski definition) is 1. The summed E-state index contributed by atoms with van der Waals surface area (Å²) >= 11 is 0. The van der Waals surface area contributed by atoms with Crippen LogP contribution in [0.2, 0.25) is 0 Å². The first-order valence-electron chi connectivity index (χ1n) is 6.13. The Morgan fingerprint density at radius 1 is 1.19 bits per heavy atom. The molecule has 1 aromatic carbocycles. The predicted octanol–water partition coefficient (Wildman–Crippen LogP) is 2.53. The highest BCUT2D eigenvalue weighted by molar-refractivity contribution is 5.74. The van der Waals surface area contributed by atoms with E-state index in [4.69, 9.17) is 11.0 Å². The molecule has 0 spiro atoms. The summed E-state index contributed by atoms with van der Waals surface area (Å²) in [5.41, 5.74) is 8.15. The Morgan fingerprint density at radius 3 is 2.81 bits per heavy atom. The molecule has 0 saturated carbocycles. The third kappa shape index (κ3) is 2.11. The fraction of sp³-hybridized carbons (Fsp3) is 0. The number of nitrogens with zero attached hydrogens (tertiary/aromatic N) is 4. The second kappa shape index (κ2) is 5.06. The first-order valence-corrected chi connectivity index (χ1v) is 6.13. The average molecular weight is 279 g/mol. The van der Waals surface area contributed by atoms with E-state index in [1.54, 1.807) is 41.4 Å². The number of nitrogen functional groups attached to an aromatic ring is 1. The van der Waals surface area contributed by atoms with E-state index in [0.717, 1.165) is 0 Å². The SMILES string of the molecule is N#Cc1c(F)cccc1-n1cncc1-c1cnccc1N. The van der Waals surface area contributed by atoms with Crippen molar-refractivity contribution in [3.63, 3.8) is 0 Å². The molecule has 6 heteroatoms. The molecule has 0 aliphatic carbocycles. The van der Waals surface area contributed by atoms with Crippen molar-refractivity contribution in [3.8, 4) is 23.0 Å². The number of imidazole rings is 1. The van der Waals surface area contributed by atoms with Crippen LogP contribution in [0.25, 0.3) is 16.9 Å². The van der Waals surface area contributed by atoms with Crippen LogP contribution in [0, 0.1) is 17.1 Å². The molecular formula is C15H10FN5. The van der Waals surface area contributed by atoms with Crippen LogP contribution >= 0.6 is 0 Å². The molecular weight excluding hydrogens is 269 g/mol. The lowest BCUT2D eigenvalue weighted by atomic mass is 10.1. The number of anilines is 1. The van der Waals surface area contributed by atoms with Gasteiger partial charge in [0.15, 0.2) is 0 Å². The van der Waals surface area contributed by atoms with Crippen LogP contribution in [0.15, 0.2) is 49.2 Å². The molecule has 3 aromatic rings. The zero-order valence-corrected chi connectivity index (χ0v) is 10.9. The number of pyridine rings is 1. The van der Waals surface area contributed by atoms with Crippen molar-refractivity contribution in [1.29, 1.82) is 5.26 Å².